The van der Waals surface area contributed by atoms with Crippen molar-refractivity contribution >= 4 is 19.8 Å². The van der Waals surface area contributed by atoms with Crippen LogP contribution in [0.5, 0.6) is 0 Å². The average Bonchev–Trinajstić information content (AvgIpc) is 3.16. The monoisotopic (exact) mass is 831 g/mol. The molecule has 0 amide bonds. The Kier molecular flexibility index (Phi) is 39.3. The van der Waals surface area contributed by atoms with Crippen LogP contribution in [0.1, 0.15) is 225 Å². The summed E-state index contributed by atoms with van der Waals surface area (Å²) in [5, 5.41) is 0. The van der Waals surface area contributed by atoms with Crippen LogP contribution in [-0.4, -0.2) is 74.9 Å². The first-order chi connectivity index (χ1) is 27.5. The van der Waals surface area contributed by atoms with Gasteiger partial charge in [0.2, 0.25) is 0 Å². The molecule has 0 bridgehead atoms. The molecule has 1 unspecified atom stereocenters. The maximum atomic E-state index is 12.7. The van der Waals surface area contributed by atoms with Crippen LogP contribution in [0.3, 0.4) is 0 Å². The van der Waals surface area contributed by atoms with Gasteiger partial charge in [0, 0.05) is 12.8 Å². The van der Waals surface area contributed by atoms with E-state index in [9.17, 15) is 19.0 Å². The minimum atomic E-state index is -4.37. The van der Waals surface area contributed by atoms with Gasteiger partial charge in [-0.05, 0) is 25.7 Å². The van der Waals surface area contributed by atoms with Gasteiger partial charge >= 0.3 is 19.8 Å². The van der Waals surface area contributed by atoms with Crippen LogP contribution < -0.4 is 0 Å². The van der Waals surface area contributed by atoms with Gasteiger partial charge in [-0.2, -0.15) is 0 Å². The lowest BCUT2D eigenvalue weighted by atomic mass is 10.0. The molecule has 0 fully saturated rings. The zero-order chi connectivity index (χ0) is 42.1. The number of likely N-dealkylation sites (N-methyl/N-ethyl adjacent to an activating group) is 1. The SMILES string of the molecule is C=CCCCCCCCCCCCCCCCC(=O)OC[C@H](COP(=O)(O)OCC[N+](C)(C)C)OC(=O)CCCCCCCCCCCCCCCCCCCC. The molecule has 57 heavy (non-hydrogen) atoms. The lowest BCUT2D eigenvalue weighted by Gasteiger charge is -2.24. The molecule has 1 N–H and O–H groups in total. The molecule has 0 aliphatic heterocycles. The van der Waals surface area contributed by atoms with E-state index in [0.29, 0.717) is 23.9 Å². The van der Waals surface area contributed by atoms with E-state index in [1.165, 1.54) is 161 Å². The third kappa shape index (κ3) is 44.1. The molecule has 10 heteroatoms. The van der Waals surface area contributed by atoms with E-state index in [-0.39, 0.29) is 25.6 Å². The fourth-order valence-corrected chi connectivity index (χ4v) is 7.68. The second kappa shape index (κ2) is 40.2. The van der Waals surface area contributed by atoms with Crippen LogP contribution in [0, 0.1) is 0 Å². The Morgan fingerprint density at radius 2 is 0.930 bits per heavy atom. The van der Waals surface area contributed by atoms with Crippen molar-refractivity contribution in [3.8, 4) is 0 Å². The second-order valence-corrected chi connectivity index (χ2v) is 19.0. The molecule has 0 saturated heterocycles. The Morgan fingerprint density at radius 3 is 1.32 bits per heavy atom. The fourth-order valence-electron chi connectivity index (χ4n) is 6.94. The third-order valence-electron chi connectivity index (χ3n) is 10.7. The molecular weight excluding hydrogens is 737 g/mol. The molecule has 0 aromatic heterocycles. The van der Waals surface area contributed by atoms with Gasteiger partial charge in [-0.3, -0.25) is 18.6 Å². The normalized spacial score (nSPS) is 13.4. The van der Waals surface area contributed by atoms with Crippen LogP contribution in [0.4, 0.5) is 0 Å². The zero-order valence-corrected chi connectivity index (χ0v) is 38.8. The van der Waals surface area contributed by atoms with Crippen molar-refractivity contribution in [3.63, 3.8) is 0 Å². The van der Waals surface area contributed by atoms with Gasteiger partial charge in [0.1, 0.15) is 19.8 Å². The number of hydrogen-bond acceptors (Lipinski definition) is 7. The molecular formula is C47H93NO8P+. The summed E-state index contributed by atoms with van der Waals surface area (Å²) in [7, 11) is 1.49. The summed E-state index contributed by atoms with van der Waals surface area (Å²) in [6, 6.07) is 0. The van der Waals surface area contributed by atoms with Gasteiger partial charge < -0.3 is 18.9 Å². The van der Waals surface area contributed by atoms with E-state index >= 15 is 0 Å². The highest BCUT2D eigenvalue weighted by molar-refractivity contribution is 7.47. The summed E-state index contributed by atoms with van der Waals surface area (Å²) in [5.74, 6) is -0.787. The van der Waals surface area contributed by atoms with Gasteiger partial charge in [0.25, 0.3) is 0 Å². The molecule has 0 spiro atoms. The summed E-state index contributed by atoms with van der Waals surface area (Å²) in [4.78, 5) is 35.4. The summed E-state index contributed by atoms with van der Waals surface area (Å²) in [6.07, 6.45) is 41.5. The second-order valence-electron chi connectivity index (χ2n) is 17.6. The number of phosphoric ester groups is 1. The van der Waals surface area contributed by atoms with Gasteiger partial charge in [0.15, 0.2) is 6.10 Å². The minimum absolute atomic E-state index is 0.0348. The van der Waals surface area contributed by atoms with Gasteiger partial charge in [-0.1, -0.05) is 193 Å². The van der Waals surface area contributed by atoms with Crippen molar-refractivity contribution in [3.05, 3.63) is 12.7 Å². The van der Waals surface area contributed by atoms with E-state index in [2.05, 4.69) is 13.5 Å². The quantitative estimate of drug-likeness (QED) is 0.0212. The number of esters is 2. The topological polar surface area (TPSA) is 108 Å². The fraction of sp³-hybridized carbons (Fsp3) is 0.915. The largest absolute Gasteiger partial charge is 0.472 e. The zero-order valence-electron chi connectivity index (χ0n) is 37.9. The maximum Gasteiger partial charge on any atom is 0.472 e. The Balaban J connectivity index is 4.25. The molecule has 0 aromatic carbocycles. The molecule has 0 aromatic rings. The summed E-state index contributed by atoms with van der Waals surface area (Å²) in [5.41, 5.74) is 0. The Morgan fingerprint density at radius 1 is 0.561 bits per heavy atom. The Labute approximate surface area is 352 Å². The number of hydrogen-bond donors (Lipinski definition) is 1. The molecule has 9 nitrogen and oxygen atoms in total. The van der Waals surface area contributed by atoms with Gasteiger partial charge in [-0.25, -0.2) is 4.57 Å². The molecule has 338 valence electrons. The number of carbonyl (C=O) groups is 2. The van der Waals surface area contributed by atoms with E-state index in [1.807, 2.05) is 27.2 Å². The number of quaternary nitrogens is 1. The van der Waals surface area contributed by atoms with Crippen LogP contribution in [0.15, 0.2) is 12.7 Å². The summed E-state index contributed by atoms with van der Waals surface area (Å²) >= 11 is 0. The standard InChI is InChI=1S/C47H92NO8P/c1-6-8-10-12-14-16-18-20-22-23-24-26-28-30-32-34-36-38-40-47(50)56-45(44-55-57(51,52)54-42-41-48(3,4)5)43-53-46(49)39-37-35-33-31-29-27-25-21-19-17-15-13-11-9-7-2/h7,45H,2,6,8-44H2,1,3-5H3/p+1/t45-/m1/s1. The first kappa shape index (κ1) is 55.8. The van der Waals surface area contributed by atoms with Crippen molar-refractivity contribution in [2.45, 2.75) is 231 Å². The molecule has 0 aliphatic rings. The van der Waals surface area contributed by atoms with Crippen molar-refractivity contribution in [2.24, 2.45) is 0 Å². The number of allylic oxidation sites excluding steroid dienone is 1. The van der Waals surface area contributed by atoms with Crippen molar-refractivity contribution in [2.75, 3.05) is 47.5 Å². The molecule has 0 aliphatic carbocycles. The van der Waals surface area contributed by atoms with Crippen molar-refractivity contribution < 1.29 is 42.1 Å². The van der Waals surface area contributed by atoms with Crippen LogP contribution in [0.25, 0.3) is 0 Å². The minimum Gasteiger partial charge on any atom is -0.462 e. The van der Waals surface area contributed by atoms with Crippen molar-refractivity contribution in [1.82, 2.24) is 0 Å². The Bertz CT molecular complexity index is 972. The summed E-state index contributed by atoms with van der Waals surface area (Å²) < 4.78 is 34.4. The Hall–Kier alpha value is -1.25. The van der Waals surface area contributed by atoms with Crippen LogP contribution in [-0.2, 0) is 32.7 Å². The highest BCUT2D eigenvalue weighted by Crippen LogP contribution is 2.43. The van der Waals surface area contributed by atoms with Crippen LogP contribution >= 0.6 is 7.82 Å². The number of unbranched alkanes of at least 4 members (excludes halogenated alkanes) is 30. The van der Waals surface area contributed by atoms with E-state index in [1.54, 1.807) is 0 Å². The van der Waals surface area contributed by atoms with Crippen LogP contribution in [0.2, 0.25) is 0 Å². The number of carbonyl (C=O) groups excluding carboxylic acids is 2. The average molecular weight is 831 g/mol. The lowest BCUT2D eigenvalue weighted by molar-refractivity contribution is -0.870. The van der Waals surface area contributed by atoms with E-state index in [4.69, 9.17) is 18.5 Å². The maximum absolute atomic E-state index is 12.7. The van der Waals surface area contributed by atoms with Gasteiger partial charge in [-0.15, -0.1) is 6.58 Å². The lowest BCUT2D eigenvalue weighted by Crippen LogP contribution is -2.37. The number of nitrogens with zero attached hydrogens (tertiary/aromatic N) is 1. The molecule has 0 radical (unpaired) electrons. The first-order valence-electron chi connectivity index (χ1n) is 23.9. The van der Waals surface area contributed by atoms with Crippen molar-refractivity contribution in [1.29, 1.82) is 0 Å². The van der Waals surface area contributed by atoms with E-state index < -0.39 is 26.5 Å². The first-order valence-corrected chi connectivity index (χ1v) is 25.4. The number of ether oxygens (including phenoxy) is 2. The number of rotatable bonds is 45. The third-order valence-corrected chi connectivity index (χ3v) is 11.7. The molecule has 2 atom stereocenters. The smallest absolute Gasteiger partial charge is 0.462 e. The highest BCUT2D eigenvalue weighted by Gasteiger charge is 2.27. The number of phosphoric acid groups is 1. The highest BCUT2D eigenvalue weighted by atomic mass is 31.2. The molecule has 0 rings (SSSR count). The predicted molar refractivity (Wildman–Crippen MR) is 238 cm³/mol. The predicted octanol–water partition coefficient (Wildman–Crippen LogP) is 13.8. The van der Waals surface area contributed by atoms with E-state index in [0.717, 1.165) is 38.5 Å². The molecule has 0 saturated carbocycles. The summed E-state index contributed by atoms with van der Waals surface area (Å²) in [6.45, 7) is 5.98. The molecule has 0 heterocycles. The van der Waals surface area contributed by atoms with Gasteiger partial charge in [0.05, 0.1) is 27.7 Å².